The summed E-state index contributed by atoms with van der Waals surface area (Å²) in [7, 11) is 1.73. The van der Waals surface area contributed by atoms with Crippen LogP contribution >= 0.6 is 11.6 Å². The molecule has 0 spiro atoms. The van der Waals surface area contributed by atoms with Crippen molar-refractivity contribution in [1.29, 1.82) is 5.41 Å². The largest absolute Gasteiger partial charge is 0.435 e. The van der Waals surface area contributed by atoms with Crippen molar-refractivity contribution in [2.45, 2.75) is 12.7 Å². The first-order chi connectivity index (χ1) is 13.2. The number of benzene rings is 1. The zero-order valence-corrected chi connectivity index (χ0v) is 15.2. The van der Waals surface area contributed by atoms with Crippen LogP contribution in [-0.2, 0) is 19.8 Å². The molecule has 0 saturated carbocycles. The second-order valence-electron chi connectivity index (χ2n) is 6.13. The summed E-state index contributed by atoms with van der Waals surface area (Å²) in [6.07, 6.45) is -1.67. The number of hydrogen-bond acceptors (Lipinski definition) is 4. The molecule has 0 atom stereocenters. The Morgan fingerprint density at radius 1 is 1.14 bits per heavy atom. The van der Waals surface area contributed by atoms with Gasteiger partial charge in [-0.2, -0.15) is 23.3 Å². The Morgan fingerprint density at radius 2 is 1.86 bits per heavy atom. The molecule has 0 saturated heterocycles. The molecule has 3 aromatic heterocycles. The lowest BCUT2D eigenvalue weighted by molar-refractivity contribution is -0.141. The number of hydrogen-bond donors (Lipinski definition) is 1. The van der Waals surface area contributed by atoms with E-state index in [4.69, 9.17) is 17.0 Å². The molecule has 0 fully saturated rings. The Bertz CT molecular complexity index is 1220. The first-order valence-electron chi connectivity index (χ1n) is 8.08. The Morgan fingerprint density at radius 3 is 2.50 bits per heavy atom. The summed E-state index contributed by atoms with van der Waals surface area (Å²) in [6.45, 7) is 0.344. The second kappa shape index (κ2) is 6.48. The number of aromatic nitrogens is 6. The van der Waals surface area contributed by atoms with Gasteiger partial charge in [0.2, 0.25) is 10.9 Å². The maximum absolute atomic E-state index is 12.7. The van der Waals surface area contributed by atoms with E-state index in [1.54, 1.807) is 46.6 Å². The topological polar surface area (TPSA) is 77.3 Å². The van der Waals surface area contributed by atoms with E-state index in [-0.39, 0.29) is 10.9 Å². The summed E-state index contributed by atoms with van der Waals surface area (Å²) in [6, 6.07) is 7.78. The zero-order chi connectivity index (χ0) is 20.1. The highest BCUT2D eigenvalue weighted by atomic mass is 35.5. The van der Waals surface area contributed by atoms with Crippen molar-refractivity contribution in [2.75, 3.05) is 0 Å². The summed E-state index contributed by atoms with van der Waals surface area (Å²) in [4.78, 5) is 8.14. The van der Waals surface area contributed by atoms with E-state index in [0.29, 0.717) is 23.4 Å². The summed E-state index contributed by atoms with van der Waals surface area (Å²) in [5, 5.41) is 11.9. The summed E-state index contributed by atoms with van der Waals surface area (Å²) in [5.41, 5.74) is 1.81. The normalized spacial score (nSPS) is 12.0. The van der Waals surface area contributed by atoms with Crippen LogP contribution in [0.25, 0.3) is 16.9 Å². The van der Waals surface area contributed by atoms with Gasteiger partial charge in [-0.1, -0.05) is 12.1 Å². The third-order valence-corrected chi connectivity index (χ3v) is 4.51. The predicted molar refractivity (Wildman–Crippen MR) is 95.0 cm³/mol. The number of nitrogens with one attached hydrogen (secondary N) is 1. The molecule has 0 radical (unpaired) electrons. The van der Waals surface area contributed by atoms with Crippen LogP contribution in [0.2, 0.25) is 5.28 Å². The Kier molecular flexibility index (Phi) is 4.22. The highest BCUT2D eigenvalue weighted by Crippen LogP contribution is 2.28. The van der Waals surface area contributed by atoms with E-state index >= 15 is 0 Å². The molecule has 0 aliphatic rings. The van der Waals surface area contributed by atoms with E-state index in [1.165, 1.54) is 10.9 Å². The number of imidazole rings is 1. The molecule has 28 heavy (non-hydrogen) atoms. The molecule has 4 rings (SSSR count). The minimum Gasteiger partial charge on any atom is -0.311 e. The van der Waals surface area contributed by atoms with Gasteiger partial charge >= 0.3 is 6.18 Å². The Labute approximate surface area is 161 Å². The molecule has 4 aromatic rings. The van der Waals surface area contributed by atoms with Gasteiger partial charge in [0, 0.05) is 13.2 Å². The molecule has 0 unspecified atom stereocenters. The SMILES string of the molecule is Cn1c(=N)n(Cc2ccc(-n3ccc(C(F)(F)F)n3)cc2)c2nc(Cl)ncc21. The van der Waals surface area contributed by atoms with Crippen LogP contribution in [0.4, 0.5) is 13.2 Å². The molecular weight excluding hydrogens is 395 g/mol. The highest BCUT2D eigenvalue weighted by molar-refractivity contribution is 6.28. The van der Waals surface area contributed by atoms with Gasteiger partial charge in [-0.15, -0.1) is 0 Å². The van der Waals surface area contributed by atoms with Crippen LogP contribution in [0.3, 0.4) is 0 Å². The van der Waals surface area contributed by atoms with Crippen LogP contribution in [0.1, 0.15) is 11.3 Å². The van der Waals surface area contributed by atoms with Gasteiger partial charge in [0.15, 0.2) is 11.3 Å². The monoisotopic (exact) mass is 407 g/mol. The number of rotatable bonds is 3. The number of aryl methyl sites for hydroxylation is 1. The molecule has 0 amide bonds. The minimum absolute atomic E-state index is 0.0846. The van der Waals surface area contributed by atoms with Gasteiger partial charge in [-0.05, 0) is 35.4 Å². The third kappa shape index (κ3) is 3.15. The maximum Gasteiger partial charge on any atom is 0.435 e. The molecular formula is C17H13ClF3N7. The third-order valence-electron chi connectivity index (χ3n) is 4.33. The lowest BCUT2D eigenvalue weighted by Crippen LogP contribution is -2.23. The van der Waals surface area contributed by atoms with Crippen LogP contribution in [0.15, 0.2) is 42.7 Å². The number of nitrogens with zero attached hydrogens (tertiary/aromatic N) is 6. The fourth-order valence-electron chi connectivity index (χ4n) is 2.88. The van der Waals surface area contributed by atoms with E-state index < -0.39 is 11.9 Å². The smallest absolute Gasteiger partial charge is 0.311 e. The van der Waals surface area contributed by atoms with E-state index in [1.807, 2.05) is 0 Å². The maximum atomic E-state index is 12.7. The minimum atomic E-state index is -4.48. The zero-order valence-electron chi connectivity index (χ0n) is 14.4. The Balaban J connectivity index is 1.65. The molecule has 11 heteroatoms. The number of alkyl halides is 3. The average molecular weight is 408 g/mol. The molecule has 0 aliphatic heterocycles. The van der Waals surface area contributed by atoms with Gasteiger partial charge < -0.3 is 4.57 Å². The molecule has 3 heterocycles. The van der Waals surface area contributed by atoms with Gasteiger partial charge in [0.05, 0.1) is 18.4 Å². The first-order valence-corrected chi connectivity index (χ1v) is 8.46. The van der Waals surface area contributed by atoms with Crippen molar-refractivity contribution in [3.8, 4) is 5.69 Å². The van der Waals surface area contributed by atoms with Gasteiger partial charge in [0.1, 0.15) is 5.52 Å². The standard InChI is InChI=1S/C17H13ClF3N7/c1-26-12-8-23-15(18)24-14(12)27(16(26)22)9-10-2-4-11(5-3-10)28-7-6-13(25-28)17(19,20)21/h2-8,22H,9H2,1H3. The van der Waals surface area contributed by atoms with Crippen molar-refractivity contribution in [2.24, 2.45) is 7.05 Å². The first kappa shape index (κ1) is 18.2. The Hall–Kier alpha value is -3.14. The van der Waals surface area contributed by atoms with Crippen molar-refractivity contribution in [3.63, 3.8) is 0 Å². The number of fused-ring (bicyclic) bond motifs is 1. The summed E-state index contributed by atoms with van der Waals surface area (Å²) in [5.74, 6) is 0. The van der Waals surface area contributed by atoms with Gasteiger partial charge in [-0.25, -0.2) is 9.67 Å². The van der Waals surface area contributed by atoms with Crippen LogP contribution in [-0.4, -0.2) is 28.9 Å². The molecule has 7 nitrogen and oxygen atoms in total. The molecule has 0 aliphatic carbocycles. The fraction of sp³-hybridized carbons (Fsp3) is 0.176. The van der Waals surface area contributed by atoms with Gasteiger partial charge in [-0.3, -0.25) is 9.98 Å². The van der Waals surface area contributed by atoms with Crippen molar-refractivity contribution in [3.05, 3.63) is 64.9 Å². The molecule has 0 bridgehead atoms. The lowest BCUT2D eigenvalue weighted by atomic mass is 10.2. The highest BCUT2D eigenvalue weighted by Gasteiger charge is 2.33. The van der Waals surface area contributed by atoms with E-state index in [2.05, 4.69) is 15.1 Å². The van der Waals surface area contributed by atoms with Crippen molar-refractivity contribution < 1.29 is 13.2 Å². The average Bonchev–Trinajstić information content (AvgIpc) is 3.23. The number of halogens is 4. The molecule has 1 aromatic carbocycles. The van der Waals surface area contributed by atoms with E-state index in [0.717, 1.165) is 11.6 Å². The lowest BCUT2D eigenvalue weighted by Gasteiger charge is -2.07. The van der Waals surface area contributed by atoms with Crippen LogP contribution in [0.5, 0.6) is 0 Å². The van der Waals surface area contributed by atoms with Crippen LogP contribution in [0, 0.1) is 5.41 Å². The summed E-state index contributed by atoms with van der Waals surface area (Å²) < 4.78 is 42.6. The quantitative estimate of drug-likeness (QED) is 0.530. The predicted octanol–water partition coefficient (Wildman–Crippen LogP) is 3.16. The van der Waals surface area contributed by atoms with Gasteiger partial charge in [0.25, 0.3) is 0 Å². The molecule has 1 N–H and O–H groups in total. The van der Waals surface area contributed by atoms with Crippen LogP contribution < -0.4 is 5.62 Å². The second-order valence-corrected chi connectivity index (χ2v) is 6.46. The molecule has 144 valence electrons. The van der Waals surface area contributed by atoms with E-state index in [9.17, 15) is 13.2 Å². The van der Waals surface area contributed by atoms with Crippen molar-refractivity contribution >= 4 is 22.8 Å². The fourth-order valence-corrected chi connectivity index (χ4v) is 3.01. The summed E-state index contributed by atoms with van der Waals surface area (Å²) >= 11 is 5.88. The van der Waals surface area contributed by atoms with Crippen molar-refractivity contribution in [1.82, 2.24) is 28.9 Å².